The highest BCUT2D eigenvalue weighted by Crippen LogP contribution is 2.48. The van der Waals surface area contributed by atoms with Gasteiger partial charge in [0.25, 0.3) is 0 Å². The van der Waals surface area contributed by atoms with E-state index < -0.39 is 0 Å². The molecule has 0 N–H and O–H groups in total. The Hall–Kier alpha value is -4.12. The molecule has 2 aromatic heterocycles. The van der Waals surface area contributed by atoms with E-state index >= 15 is 0 Å². The van der Waals surface area contributed by atoms with Crippen LogP contribution in [-0.2, 0) is 0 Å². The molecule has 1 atom stereocenters. The van der Waals surface area contributed by atoms with Gasteiger partial charge in [-0.05, 0) is 46.5 Å². The number of rotatable bonds is 3. The van der Waals surface area contributed by atoms with E-state index in [2.05, 4.69) is 56.6 Å². The maximum atomic E-state index is 6.14. The Kier molecular flexibility index (Phi) is 3.77. The number of hydrogen-bond donors (Lipinski definition) is 0. The zero-order valence-corrected chi connectivity index (χ0v) is 15.9. The Morgan fingerprint density at radius 2 is 1.40 bits per heavy atom. The molecule has 1 aliphatic rings. The Morgan fingerprint density at radius 3 is 2.27 bits per heavy atom. The van der Waals surface area contributed by atoms with Crippen LogP contribution >= 0.6 is 0 Å². The van der Waals surface area contributed by atoms with Crippen LogP contribution in [0.2, 0.25) is 0 Å². The molecule has 6 rings (SSSR count). The Bertz CT molecular complexity index is 1350. The van der Waals surface area contributed by atoms with Gasteiger partial charge in [0.1, 0.15) is 0 Å². The highest BCUT2D eigenvalue weighted by molar-refractivity contribution is 5.83. The standard InChI is InChI=1S/C25H16N4O/c1-2-7-16(8-3-1)24-28-29-25(30-24)22-19-10-5-4-9-18(19)21-15-17(11-12-20(21)22)23-26-13-6-14-27-23/h1-15,22H. The first-order valence-corrected chi connectivity index (χ1v) is 9.78. The molecule has 3 aromatic carbocycles. The van der Waals surface area contributed by atoms with Crippen molar-refractivity contribution >= 4 is 0 Å². The van der Waals surface area contributed by atoms with Gasteiger partial charge in [-0.2, -0.15) is 0 Å². The lowest BCUT2D eigenvalue weighted by atomic mass is 9.96. The van der Waals surface area contributed by atoms with Gasteiger partial charge >= 0.3 is 0 Å². The molecule has 5 heteroatoms. The summed E-state index contributed by atoms with van der Waals surface area (Å²) in [5.41, 5.74) is 6.55. The molecular formula is C25H16N4O. The molecule has 142 valence electrons. The minimum atomic E-state index is -0.0908. The van der Waals surface area contributed by atoms with Crippen molar-refractivity contribution in [2.45, 2.75) is 5.92 Å². The Balaban J connectivity index is 1.49. The molecule has 1 unspecified atom stereocenters. The zero-order chi connectivity index (χ0) is 19.9. The average Bonchev–Trinajstić information content (AvgIpc) is 3.43. The third-order valence-corrected chi connectivity index (χ3v) is 5.46. The van der Waals surface area contributed by atoms with Crippen molar-refractivity contribution in [1.29, 1.82) is 0 Å². The van der Waals surface area contributed by atoms with Gasteiger partial charge in [-0.1, -0.05) is 54.6 Å². The van der Waals surface area contributed by atoms with E-state index in [-0.39, 0.29) is 5.92 Å². The van der Waals surface area contributed by atoms with Crippen molar-refractivity contribution < 1.29 is 4.42 Å². The lowest BCUT2D eigenvalue weighted by Crippen LogP contribution is -1.99. The predicted molar refractivity (Wildman–Crippen MR) is 114 cm³/mol. The first kappa shape index (κ1) is 16.8. The first-order valence-electron chi connectivity index (χ1n) is 9.78. The molecule has 30 heavy (non-hydrogen) atoms. The predicted octanol–water partition coefficient (Wildman–Crippen LogP) is 5.35. The number of fused-ring (bicyclic) bond motifs is 3. The highest BCUT2D eigenvalue weighted by atomic mass is 16.4. The number of hydrogen-bond acceptors (Lipinski definition) is 5. The van der Waals surface area contributed by atoms with Gasteiger partial charge in [0.05, 0.1) is 5.92 Å². The van der Waals surface area contributed by atoms with Gasteiger partial charge in [-0.25, -0.2) is 9.97 Å². The van der Waals surface area contributed by atoms with E-state index in [1.54, 1.807) is 12.4 Å². The lowest BCUT2D eigenvalue weighted by Gasteiger charge is -2.09. The second-order valence-electron chi connectivity index (χ2n) is 7.21. The zero-order valence-electron chi connectivity index (χ0n) is 15.9. The third-order valence-electron chi connectivity index (χ3n) is 5.46. The largest absolute Gasteiger partial charge is 0.420 e. The number of benzene rings is 3. The van der Waals surface area contributed by atoms with E-state index in [1.165, 1.54) is 11.1 Å². The third kappa shape index (κ3) is 2.63. The van der Waals surface area contributed by atoms with Crippen LogP contribution in [0.4, 0.5) is 0 Å². The first-order chi connectivity index (χ1) is 14.9. The van der Waals surface area contributed by atoms with Gasteiger partial charge in [0.15, 0.2) is 5.82 Å². The van der Waals surface area contributed by atoms with Crippen LogP contribution < -0.4 is 0 Å². The van der Waals surface area contributed by atoms with E-state index in [1.807, 2.05) is 42.5 Å². The summed E-state index contributed by atoms with van der Waals surface area (Å²) < 4.78 is 6.14. The minimum absolute atomic E-state index is 0.0908. The number of nitrogens with zero attached hydrogens (tertiary/aromatic N) is 4. The van der Waals surface area contributed by atoms with E-state index in [0.717, 1.165) is 22.3 Å². The van der Waals surface area contributed by atoms with Crippen LogP contribution in [0.5, 0.6) is 0 Å². The molecule has 5 nitrogen and oxygen atoms in total. The topological polar surface area (TPSA) is 64.7 Å². The molecule has 0 saturated carbocycles. The molecular weight excluding hydrogens is 372 g/mol. The van der Waals surface area contributed by atoms with Crippen LogP contribution in [0.3, 0.4) is 0 Å². The second kappa shape index (κ2) is 6.74. The fraction of sp³-hybridized carbons (Fsp3) is 0.0400. The average molecular weight is 388 g/mol. The molecule has 5 aromatic rings. The molecule has 0 saturated heterocycles. The monoisotopic (exact) mass is 388 g/mol. The van der Waals surface area contributed by atoms with Gasteiger partial charge in [0.2, 0.25) is 11.8 Å². The smallest absolute Gasteiger partial charge is 0.247 e. The Labute approximate surface area is 173 Å². The molecule has 0 radical (unpaired) electrons. The van der Waals surface area contributed by atoms with Crippen LogP contribution in [0, 0.1) is 0 Å². The fourth-order valence-corrected chi connectivity index (χ4v) is 4.10. The molecule has 1 aliphatic carbocycles. The molecule has 0 aliphatic heterocycles. The second-order valence-corrected chi connectivity index (χ2v) is 7.21. The summed E-state index contributed by atoms with van der Waals surface area (Å²) >= 11 is 0. The van der Waals surface area contributed by atoms with Crippen molar-refractivity contribution in [3.63, 3.8) is 0 Å². The molecule has 0 amide bonds. The highest BCUT2D eigenvalue weighted by Gasteiger charge is 2.34. The van der Waals surface area contributed by atoms with Gasteiger partial charge < -0.3 is 4.42 Å². The van der Waals surface area contributed by atoms with E-state index in [0.29, 0.717) is 17.6 Å². The summed E-state index contributed by atoms with van der Waals surface area (Å²) in [5, 5.41) is 8.72. The Morgan fingerprint density at radius 1 is 0.633 bits per heavy atom. The summed E-state index contributed by atoms with van der Waals surface area (Å²) in [6, 6.07) is 26.4. The van der Waals surface area contributed by atoms with Gasteiger partial charge in [-0.3, -0.25) is 0 Å². The van der Waals surface area contributed by atoms with Crippen molar-refractivity contribution in [3.05, 3.63) is 108 Å². The maximum absolute atomic E-state index is 6.14. The van der Waals surface area contributed by atoms with Crippen LogP contribution in [-0.4, -0.2) is 20.2 Å². The van der Waals surface area contributed by atoms with Crippen molar-refractivity contribution in [3.8, 4) is 34.0 Å². The summed E-state index contributed by atoms with van der Waals surface area (Å²) in [5.74, 6) is 1.76. The molecule has 0 fully saturated rings. The van der Waals surface area contributed by atoms with Crippen molar-refractivity contribution in [2.24, 2.45) is 0 Å². The molecule has 0 spiro atoms. The fourth-order valence-electron chi connectivity index (χ4n) is 4.10. The normalized spacial score (nSPS) is 14.3. The van der Waals surface area contributed by atoms with Crippen molar-refractivity contribution in [2.75, 3.05) is 0 Å². The summed E-state index contributed by atoms with van der Waals surface area (Å²) in [4.78, 5) is 8.79. The van der Waals surface area contributed by atoms with Crippen molar-refractivity contribution in [1.82, 2.24) is 20.2 Å². The SMILES string of the molecule is c1ccc(-c2nnc(C3c4ccccc4-c4cc(-c5ncccn5)ccc43)o2)cc1. The van der Waals surface area contributed by atoms with Crippen LogP contribution in [0.15, 0.2) is 95.7 Å². The van der Waals surface area contributed by atoms with Crippen LogP contribution in [0.25, 0.3) is 34.0 Å². The number of aromatic nitrogens is 4. The van der Waals surface area contributed by atoms with Crippen LogP contribution in [0.1, 0.15) is 22.9 Å². The van der Waals surface area contributed by atoms with E-state index in [4.69, 9.17) is 4.42 Å². The molecule has 0 bridgehead atoms. The van der Waals surface area contributed by atoms with Gasteiger partial charge in [-0.15, -0.1) is 10.2 Å². The van der Waals surface area contributed by atoms with Gasteiger partial charge in [0, 0.05) is 23.5 Å². The molecule has 2 heterocycles. The summed E-state index contributed by atoms with van der Waals surface area (Å²) in [6.45, 7) is 0. The minimum Gasteiger partial charge on any atom is -0.420 e. The maximum Gasteiger partial charge on any atom is 0.247 e. The summed E-state index contributed by atoms with van der Waals surface area (Å²) in [6.07, 6.45) is 3.52. The quantitative estimate of drug-likeness (QED) is 0.409. The van der Waals surface area contributed by atoms with E-state index in [9.17, 15) is 0 Å². The summed E-state index contributed by atoms with van der Waals surface area (Å²) in [7, 11) is 0. The lowest BCUT2D eigenvalue weighted by molar-refractivity contribution is 0.501.